The lowest BCUT2D eigenvalue weighted by Crippen LogP contribution is -2.32. The van der Waals surface area contributed by atoms with Crippen LogP contribution in [-0.2, 0) is 19.1 Å². The third-order valence-electron chi connectivity index (χ3n) is 3.03. The molecule has 1 aliphatic carbocycles. The van der Waals surface area contributed by atoms with Crippen LogP contribution >= 0.6 is 0 Å². The van der Waals surface area contributed by atoms with Gasteiger partial charge in [-0.1, -0.05) is 13.5 Å². The van der Waals surface area contributed by atoms with Gasteiger partial charge in [0.2, 0.25) is 5.91 Å². The van der Waals surface area contributed by atoms with Crippen molar-refractivity contribution in [1.82, 2.24) is 5.32 Å². The summed E-state index contributed by atoms with van der Waals surface area (Å²) in [5, 5.41) is 1.85. The van der Waals surface area contributed by atoms with Crippen molar-refractivity contribution in [3.05, 3.63) is 12.7 Å². The van der Waals surface area contributed by atoms with Crippen LogP contribution in [-0.4, -0.2) is 26.3 Å². The molecule has 1 N–H and O–H groups in total. The predicted molar refractivity (Wildman–Crippen MR) is 64.6 cm³/mol. The monoisotopic (exact) mass is 261 g/mol. The van der Waals surface area contributed by atoms with Crippen molar-refractivity contribution in [2.24, 2.45) is 5.92 Å². The van der Waals surface area contributed by atoms with Crippen LogP contribution in [0.4, 0.5) is 0 Å². The van der Waals surface area contributed by atoms with E-state index in [1.807, 2.05) is 0 Å². The molecule has 1 fully saturated rings. The molecule has 0 aromatic heterocycles. The molecule has 0 bridgehead atoms. The highest BCUT2D eigenvalue weighted by atomic mass is 32.2. The molecule has 0 radical (unpaired) electrons. The average molecular weight is 261 g/mol. The second kappa shape index (κ2) is 6.16. The fraction of sp³-hybridized carbons (Fsp3) is 0.727. The first kappa shape index (κ1) is 14.2. The topological polar surface area (TPSA) is 72.5 Å². The van der Waals surface area contributed by atoms with Gasteiger partial charge in [-0.15, -0.1) is 0 Å². The minimum absolute atomic E-state index is 0.320. The third-order valence-corrected chi connectivity index (χ3v) is 4.76. The summed E-state index contributed by atoms with van der Waals surface area (Å²) in [4.78, 5) is 10.8. The number of nitrogens with one attached hydrogen (secondary N) is 1. The van der Waals surface area contributed by atoms with Crippen LogP contribution in [0.2, 0.25) is 0 Å². The Morgan fingerprint density at radius 1 is 1.41 bits per heavy atom. The fourth-order valence-corrected chi connectivity index (χ4v) is 3.13. The average Bonchev–Trinajstić information content (AvgIpc) is 2.29. The molecular weight excluding hydrogens is 242 g/mol. The van der Waals surface area contributed by atoms with Gasteiger partial charge in [0.05, 0.1) is 5.25 Å². The maximum absolute atomic E-state index is 11.8. The van der Waals surface area contributed by atoms with Gasteiger partial charge in [-0.3, -0.25) is 4.79 Å². The zero-order valence-corrected chi connectivity index (χ0v) is 10.8. The molecule has 1 amide bonds. The van der Waals surface area contributed by atoms with E-state index in [9.17, 15) is 13.2 Å². The highest BCUT2D eigenvalue weighted by molar-refractivity contribution is 7.87. The number of carbonyl (C=O) groups excluding carboxylic acids is 1. The Hall–Kier alpha value is -0.880. The molecular formula is C11H19NO4S. The summed E-state index contributed by atoms with van der Waals surface area (Å²) in [5.41, 5.74) is 0. The first-order valence-corrected chi connectivity index (χ1v) is 7.21. The van der Waals surface area contributed by atoms with Crippen molar-refractivity contribution in [2.75, 3.05) is 6.73 Å². The molecule has 5 nitrogen and oxygen atoms in total. The van der Waals surface area contributed by atoms with E-state index in [4.69, 9.17) is 4.18 Å². The van der Waals surface area contributed by atoms with Crippen LogP contribution < -0.4 is 5.32 Å². The minimum Gasteiger partial charge on any atom is -0.328 e. The zero-order valence-electron chi connectivity index (χ0n) is 10.0. The number of amides is 1. The van der Waals surface area contributed by atoms with Crippen LogP contribution in [0.3, 0.4) is 0 Å². The smallest absolute Gasteiger partial charge is 0.271 e. The lowest BCUT2D eigenvalue weighted by atomic mass is 9.91. The van der Waals surface area contributed by atoms with E-state index in [0.29, 0.717) is 18.8 Å². The van der Waals surface area contributed by atoms with E-state index in [0.717, 1.165) is 18.9 Å². The summed E-state index contributed by atoms with van der Waals surface area (Å²) in [6.45, 7) is 5.06. The van der Waals surface area contributed by atoms with Crippen molar-refractivity contribution in [3.8, 4) is 0 Å². The Morgan fingerprint density at radius 3 is 2.53 bits per heavy atom. The largest absolute Gasteiger partial charge is 0.328 e. The molecule has 0 saturated heterocycles. The van der Waals surface area contributed by atoms with Gasteiger partial charge in [0, 0.05) is 0 Å². The Bertz CT molecular complexity index is 369. The first-order chi connectivity index (χ1) is 7.95. The maximum Gasteiger partial charge on any atom is 0.271 e. The lowest BCUT2D eigenvalue weighted by molar-refractivity contribution is -0.117. The van der Waals surface area contributed by atoms with Crippen molar-refractivity contribution >= 4 is 16.0 Å². The van der Waals surface area contributed by atoms with Gasteiger partial charge < -0.3 is 5.32 Å². The summed E-state index contributed by atoms with van der Waals surface area (Å²) in [5.74, 6) is 0.138. The Morgan fingerprint density at radius 2 is 2.00 bits per heavy atom. The number of carbonyl (C=O) groups is 1. The first-order valence-electron chi connectivity index (χ1n) is 5.74. The van der Waals surface area contributed by atoms with Crippen LogP contribution in [0.1, 0.15) is 32.6 Å². The summed E-state index contributed by atoms with van der Waals surface area (Å²) in [6.07, 6.45) is 4.16. The van der Waals surface area contributed by atoms with Gasteiger partial charge >= 0.3 is 0 Å². The van der Waals surface area contributed by atoms with Crippen molar-refractivity contribution in [2.45, 2.75) is 37.9 Å². The van der Waals surface area contributed by atoms with E-state index in [2.05, 4.69) is 18.8 Å². The fourth-order valence-electron chi connectivity index (χ4n) is 1.87. The summed E-state index contributed by atoms with van der Waals surface area (Å²) in [7, 11) is -3.56. The van der Waals surface area contributed by atoms with Crippen LogP contribution in [0.15, 0.2) is 12.7 Å². The van der Waals surface area contributed by atoms with Gasteiger partial charge in [-0.05, 0) is 37.7 Å². The summed E-state index contributed by atoms with van der Waals surface area (Å²) in [6, 6.07) is 0. The van der Waals surface area contributed by atoms with Crippen molar-refractivity contribution in [1.29, 1.82) is 0 Å². The second-order valence-electron chi connectivity index (χ2n) is 4.38. The molecule has 0 aromatic carbocycles. The molecule has 0 aromatic rings. The van der Waals surface area contributed by atoms with E-state index in [1.54, 1.807) is 0 Å². The number of rotatable bonds is 5. The van der Waals surface area contributed by atoms with Crippen LogP contribution in [0.25, 0.3) is 0 Å². The molecule has 1 aliphatic rings. The highest BCUT2D eigenvalue weighted by Crippen LogP contribution is 2.28. The molecule has 0 unspecified atom stereocenters. The Kier molecular flexibility index (Phi) is 5.14. The van der Waals surface area contributed by atoms with E-state index >= 15 is 0 Å². The molecule has 17 heavy (non-hydrogen) atoms. The lowest BCUT2D eigenvalue weighted by Gasteiger charge is -2.25. The summed E-state index contributed by atoms with van der Waals surface area (Å²) < 4.78 is 28.3. The predicted octanol–water partition coefficient (Wildman–Crippen LogP) is 1.17. The van der Waals surface area contributed by atoms with Crippen molar-refractivity contribution in [3.63, 3.8) is 0 Å². The Balaban J connectivity index is 2.40. The summed E-state index contributed by atoms with van der Waals surface area (Å²) >= 11 is 0. The number of hydrogen-bond donors (Lipinski definition) is 1. The quantitative estimate of drug-likeness (QED) is 0.458. The maximum atomic E-state index is 11.8. The molecule has 1 rings (SSSR count). The number of hydrogen-bond acceptors (Lipinski definition) is 4. The van der Waals surface area contributed by atoms with E-state index in [1.165, 1.54) is 0 Å². The van der Waals surface area contributed by atoms with E-state index in [-0.39, 0.29) is 6.73 Å². The second-order valence-corrected chi connectivity index (χ2v) is 6.27. The molecule has 6 heteroatoms. The molecule has 0 heterocycles. The molecule has 1 saturated carbocycles. The standard InChI is InChI=1S/C11H19NO4S/c1-3-11(13)12-8-16-17(14,15)10-6-4-9(2)5-7-10/h3,9-10H,1,4-8H2,2H3,(H,12,13). The van der Waals surface area contributed by atoms with Gasteiger partial charge in [0.25, 0.3) is 10.1 Å². The van der Waals surface area contributed by atoms with Gasteiger partial charge in [0.1, 0.15) is 6.73 Å². The Labute approximate surface area is 102 Å². The van der Waals surface area contributed by atoms with Gasteiger partial charge in [0.15, 0.2) is 0 Å². The van der Waals surface area contributed by atoms with Crippen LogP contribution in [0.5, 0.6) is 0 Å². The highest BCUT2D eigenvalue weighted by Gasteiger charge is 2.30. The van der Waals surface area contributed by atoms with Gasteiger partial charge in [-0.2, -0.15) is 8.42 Å². The third kappa shape index (κ3) is 4.47. The molecule has 98 valence electrons. The molecule has 0 aliphatic heterocycles. The normalized spacial score (nSPS) is 25.2. The van der Waals surface area contributed by atoms with Gasteiger partial charge in [-0.25, -0.2) is 4.18 Å². The van der Waals surface area contributed by atoms with Crippen LogP contribution in [0, 0.1) is 5.92 Å². The molecule has 0 atom stereocenters. The van der Waals surface area contributed by atoms with Crippen molar-refractivity contribution < 1.29 is 17.4 Å². The SMILES string of the molecule is C=CC(=O)NCOS(=O)(=O)C1CCC(C)CC1. The van der Waals surface area contributed by atoms with E-state index < -0.39 is 21.3 Å². The molecule has 0 spiro atoms. The minimum atomic E-state index is -3.56. The zero-order chi connectivity index (χ0) is 12.9.